The predicted octanol–water partition coefficient (Wildman–Crippen LogP) is 5.29. The lowest BCUT2D eigenvalue weighted by Crippen LogP contribution is -2.18. The summed E-state index contributed by atoms with van der Waals surface area (Å²) in [5.74, 6) is 0.798. The molecule has 0 aliphatic carbocycles. The van der Waals surface area contributed by atoms with Gasteiger partial charge in [-0.1, -0.05) is 62.6 Å². The minimum atomic E-state index is 0.0609. The number of rotatable bonds is 7. The van der Waals surface area contributed by atoms with Crippen LogP contribution in [-0.2, 0) is 6.42 Å². The molecular weight excluding hydrogens is 320 g/mol. The van der Waals surface area contributed by atoms with Crippen LogP contribution >= 0.6 is 0 Å². The van der Waals surface area contributed by atoms with Gasteiger partial charge in [-0.2, -0.15) is 0 Å². The maximum absolute atomic E-state index is 4.43. The SMILES string of the molecule is C=C/C=C(\C=C)[C@@H](C)Nc1ncnc2[nH]c(-c3ccc(CC)cc3)cc12. The summed E-state index contributed by atoms with van der Waals surface area (Å²) in [6.45, 7) is 11.9. The Morgan fingerprint density at radius 1 is 1.23 bits per heavy atom. The number of aromatic nitrogens is 3. The number of hydrogen-bond donors (Lipinski definition) is 2. The van der Waals surface area contributed by atoms with E-state index in [1.165, 1.54) is 5.56 Å². The van der Waals surface area contributed by atoms with Crippen molar-refractivity contribution in [2.75, 3.05) is 5.32 Å². The smallest absolute Gasteiger partial charge is 0.143 e. The van der Waals surface area contributed by atoms with Crippen LogP contribution in [-0.4, -0.2) is 21.0 Å². The molecule has 0 aliphatic rings. The summed E-state index contributed by atoms with van der Waals surface area (Å²) in [6, 6.07) is 10.7. The molecule has 0 saturated carbocycles. The second kappa shape index (κ2) is 7.83. The van der Waals surface area contributed by atoms with Crippen LogP contribution in [0.2, 0.25) is 0 Å². The Bertz CT molecular complexity index is 948. The van der Waals surface area contributed by atoms with Gasteiger partial charge in [0.2, 0.25) is 0 Å². The van der Waals surface area contributed by atoms with Crippen molar-refractivity contribution in [2.24, 2.45) is 0 Å². The van der Waals surface area contributed by atoms with Crippen molar-refractivity contribution in [3.63, 3.8) is 0 Å². The van der Waals surface area contributed by atoms with Crippen molar-refractivity contribution in [3.05, 3.63) is 79.2 Å². The van der Waals surface area contributed by atoms with E-state index >= 15 is 0 Å². The fourth-order valence-corrected chi connectivity index (χ4v) is 2.94. The summed E-state index contributed by atoms with van der Waals surface area (Å²) in [4.78, 5) is 12.2. The highest BCUT2D eigenvalue weighted by atomic mass is 15.1. The zero-order chi connectivity index (χ0) is 18.5. The van der Waals surface area contributed by atoms with Crippen LogP contribution in [0.25, 0.3) is 22.3 Å². The number of nitrogens with one attached hydrogen (secondary N) is 2. The maximum atomic E-state index is 4.43. The lowest BCUT2D eigenvalue weighted by molar-refractivity contribution is 0.940. The minimum Gasteiger partial charge on any atom is -0.363 e. The molecule has 132 valence electrons. The average Bonchev–Trinajstić information content (AvgIpc) is 3.11. The van der Waals surface area contributed by atoms with Crippen molar-refractivity contribution >= 4 is 16.9 Å². The molecule has 3 aromatic rings. The Morgan fingerprint density at radius 2 is 2.00 bits per heavy atom. The number of H-pyrrole nitrogens is 1. The second-order valence-electron chi connectivity index (χ2n) is 6.19. The number of anilines is 1. The van der Waals surface area contributed by atoms with Gasteiger partial charge in [0.15, 0.2) is 0 Å². The van der Waals surface area contributed by atoms with E-state index in [1.54, 1.807) is 12.4 Å². The van der Waals surface area contributed by atoms with Gasteiger partial charge in [0, 0.05) is 11.7 Å². The summed E-state index contributed by atoms with van der Waals surface area (Å²) in [6.07, 6.45) is 8.15. The Hall–Kier alpha value is -3.14. The number of fused-ring (bicyclic) bond motifs is 1. The average molecular weight is 344 g/mol. The summed E-state index contributed by atoms with van der Waals surface area (Å²) >= 11 is 0. The Labute approximate surface area is 154 Å². The van der Waals surface area contributed by atoms with Gasteiger partial charge in [-0.25, -0.2) is 9.97 Å². The molecule has 0 unspecified atom stereocenters. The normalized spacial score (nSPS) is 12.8. The molecule has 4 heteroatoms. The van der Waals surface area contributed by atoms with Gasteiger partial charge in [-0.3, -0.25) is 0 Å². The monoisotopic (exact) mass is 344 g/mol. The molecule has 0 saturated heterocycles. The van der Waals surface area contributed by atoms with Crippen LogP contribution in [0.15, 0.2) is 73.6 Å². The summed E-state index contributed by atoms with van der Waals surface area (Å²) in [5.41, 5.74) is 5.36. The quantitative estimate of drug-likeness (QED) is 0.573. The Morgan fingerprint density at radius 3 is 2.65 bits per heavy atom. The highest BCUT2D eigenvalue weighted by Gasteiger charge is 2.12. The first-order chi connectivity index (χ1) is 12.7. The molecule has 2 N–H and O–H groups in total. The first-order valence-corrected chi connectivity index (χ1v) is 8.80. The summed E-state index contributed by atoms with van der Waals surface area (Å²) < 4.78 is 0. The molecule has 0 radical (unpaired) electrons. The molecule has 0 spiro atoms. The van der Waals surface area contributed by atoms with Crippen LogP contribution < -0.4 is 5.32 Å². The van der Waals surface area contributed by atoms with Crippen molar-refractivity contribution in [2.45, 2.75) is 26.3 Å². The maximum Gasteiger partial charge on any atom is 0.143 e. The van der Waals surface area contributed by atoms with Crippen molar-refractivity contribution in [1.82, 2.24) is 15.0 Å². The number of hydrogen-bond acceptors (Lipinski definition) is 3. The van der Waals surface area contributed by atoms with Gasteiger partial charge in [0.25, 0.3) is 0 Å². The molecule has 0 amide bonds. The number of allylic oxidation sites excluding steroid dienone is 2. The molecule has 0 aliphatic heterocycles. The standard InChI is InChI=1S/C22H24N4/c1-5-8-17(7-3)15(4)25-21-19-13-20(26-22(19)24-14-23-21)18-11-9-16(6-2)10-12-18/h5,7-15H,1,3,6H2,2,4H3,(H2,23,24,25,26)/b17-8+/t15-/m1/s1. The molecule has 4 nitrogen and oxygen atoms in total. The summed E-state index contributed by atoms with van der Waals surface area (Å²) in [5, 5.41) is 4.41. The van der Waals surface area contributed by atoms with E-state index in [0.717, 1.165) is 40.1 Å². The third-order valence-electron chi connectivity index (χ3n) is 4.50. The predicted molar refractivity (Wildman–Crippen MR) is 110 cm³/mol. The number of aromatic amines is 1. The van der Waals surface area contributed by atoms with Gasteiger partial charge < -0.3 is 10.3 Å². The van der Waals surface area contributed by atoms with Crippen molar-refractivity contribution < 1.29 is 0 Å². The van der Waals surface area contributed by atoms with Gasteiger partial charge in [0.05, 0.1) is 5.39 Å². The van der Waals surface area contributed by atoms with E-state index in [-0.39, 0.29) is 6.04 Å². The highest BCUT2D eigenvalue weighted by molar-refractivity contribution is 5.91. The largest absolute Gasteiger partial charge is 0.363 e. The van der Waals surface area contributed by atoms with Gasteiger partial charge in [-0.15, -0.1) is 0 Å². The molecular formula is C22H24N4. The lowest BCUT2D eigenvalue weighted by atomic mass is 10.1. The van der Waals surface area contributed by atoms with E-state index in [2.05, 4.69) is 77.6 Å². The zero-order valence-corrected chi connectivity index (χ0v) is 15.3. The Balaban J connectivity index is 1.95. The molecule has 0 bridgehead atoms. The van der Waals surface area contributed by atoms with Crippen LogP contribution in [0.1, 0.15) is 19.4 Å². The number of benzene rings is 1. The third-order valence-corrected chi connectivity index (χ3v) is 4.50. The first-order valence-electron chi connectivity index (χ1n) is 8.80. The van der Waals surface area contributed by atoms with Gasteiger partial charge in [0.1, 0.15) is 17.8 Å². The molecule has 26 heavy (non-hydrogen) atoms. The zero-order valence-electron chi connectivity index (χ0n) is 15.3. The molecule has 0 fully saturated rings. The van der Waals surface area contributed by atoms with E-state index in [4.69, 9.17) is 0 Å². The van der Waals surface area contributed by atoms with E-state index < -0.39 is 0 Å². The first kappa shape index (κ1) is 17.7. The van der Waals surface area contributed by atoms with Crippen LogP contribution in [0, 0.1) is 0 Å². The fourth-order valence-electron chi connectivity index (χ4n) is 2.94. The molecule has 3 rings (SSSR count). The van der Waals surface area contributed by atoms with Crippen molar-refractivity contribution in [3.8, 4) is 11.3 Å². The number of aryl methyl sites for hydroxylation is 1. The molecule has 2 aromatic heterocycles. The molecule has 1 atom stereocenters. The van der Waals surface area contributed by atoms with Gasteiger partial charge >= 0.3 is 0 Å². The fraction of sp³-hybridized carbons (Fsp3) is 0.182. The van der Waals surface area contributed by atoms with E-state index in [9.17, 15) is 0 Å². The van der Waals surface area contributed by atoms with E-state index in [1.807, 2.05) is 12.2 Å². The van der Waals surface area contributed by atoms with Crippen molar-refractivity contribution in [1.29, 1.82) is 0 Å². The highest BCUT2D eigenvalue weighted by Crippen LogP contribution is 2.27. The topological polar surface area (TPSA) is 53.6 Å². The number of nitrogens with zero attached hydrogens (tertiary/aromatic N) is 2. The molecule has 2 heterocycles. The van der Waals surface area contributed by atoms with Crippen LogP contribution in [0.5, 0.6) is 0 Å². The summed E-state index contributed by atoms with van der Waals surface area (Å²) in [7, 11) is 0. The third kappa shape index (κ3) is 3.59. The van der Waals surface area contributed by atoms with Gasteiger partial charge in [-0.05, 0) is 36.1 Å². The lowest BCUT2D eigenvalue weighted by Gasteiger charge is -2.15. The van der Waals surface area contributed by atoms with E-state index in [0.29, 0.717) is 0 Å². The Kier molecular flexibility index (Phi) is 5.32. The minimum absolute atomic E-state index is 0.0609. The second-order valence-corrected chi connectivity index (χ2v) is 6.19. The molecule has 1 aromatic carbocycles. The van der Waals surface area contributed by atoms with Crippen LogP contribution in [0.4, 0.5) is 5.82 Å². The van der Waals surface area contributed by atoms with Crippen LogP contribution in [0.3, 0.4) is 0 Å².